The Balaban J connectivity index is 0.000000313. The van der Waals surface area contributed by atoms with Crippen LogP contribution >= 0.6 is 0 Å². The molecule has 36 atom stereocenters. The monoisotopic (exact) mass is 1990 g/mol. The largest absolute Gasteiger partial charge is 0.494 e. The number of rotatable bonds is 31. The number of carbonyl (C=O) groups is 2. The van der Waals surface area contributed by atoms with E-state index in [1.54, 1.807) is 124 Å². The third-order valence-corrected chi connectivity index (χ3v) is 30.4. The number of aryl methyl sites for hydroxylation is 2. The number of hydrogen-bond acceptors (Lipinski definition) is 37. The van der Waals surface area contributed by atoms with Gasteiger partial charge in [0.15, 0.2) is 25.2 Å². The highest BCUT2D eigenvalue weighted by Crippen LogP contribution is 2.45. The number of ether oxygens (including phenoxy) is 14. The van der Waals surface area contributed by atoms with Crippen molar-refractivity contribution < 1.29 is 132 Å². The van der Waals surface area contributed by atoms with Crippen molar-refractivity contribution in [2.75, 3.05) is 87.5 Å². The number of hydrogen-bond donors (Lipinski definition) is 11. The predicted molar refractivity (Wildman–Crippen MR) is 518 cm³/mol. The average molecular weight is 1990 g/mol. The van der Waals surface area contributed by atoms with E-state index < -0.39 is 209 Å². The van der Waals surface area contributed by atoms with E-state index >= 15 is 0 Å². The summed E-state index contributed by atoms with van der Waals surface area (Å²) in [5.74, 6) is -4.29. The Labute approximate surface area is 827 Å². The van der Waals surface area contributed by atoms with Crippen molar-refractivity contribution in [3.63, 3.8) is 0 Å². The minimum atomic E-state index is -1.84. The van der Waals surface area contributed by atoms with Crippen molar-refractivity contribution >= 4 is 23.3 Å². The van der Waals surface area contributed by atoms with Crippen LogP contribution in [-0.4, -0.2) is 380 Å². The molecule has 10 rings (SSSR count). The van der Waals surface area contributed by atoms with Gasteiger partial charge in [0.25, 0.3) is 5.69 Å². The number of aliphatic hydroxyl groups is 10. The quantitative estimate of drug-likeness (QED) is 0.00826. The zero-order valence-corrected chi connectivity index (χ0v) is 87.6. The summed E-state index contributed by atoms with van der Waals surface area (Å²) in [7, 11) is 10.5. The van der Waals surface area contributed by atoms with Gasteiger partial charge < -0.3 is 143 Å². The number of nitro benzene ring substituents is 1. The maximum Gasteiger partial charge on any atom is 0.311 e. The van der Waals surface area contributed by atoms with Gasteiger partial charge in [0, 0.05) is 158 Å². The molecule has 2 aromatic heterocycles. The number of cyclic esters (lactones) is 2. The van der Waals surface area contributed by atoms with E-state index in [1.807, 2.05) is 102 Å². The van der Waals surface area contributed by atoms with Crippen LogP contribution in [0.15, 0.2) is 60.9 Å². The molecule has 798 valence electrons. The van der Waals surface area contributed by atoms with Crippen molar-refractivity contribution in [2.24, 2.45) is 35.5 Å². The lowest BCUT2D eigenvalue weighted by Gasteiger charge is -2.49. The molecule has 12 N–H and O–H groups in total. The van der Waals surface area contributed by atoms with Crippen LogP contribution in [0.1, 0.15) is 214 Å². The summed E-state index contributed by atoms with van der Waals surface area (Å²) in [6.45, 7) is 39.0. The molecule has 0 bridgehead atoms. The van der Waals surface area contributed by atoms with E-state index in [1.165, 1.54) is 40.2 Å². The lowest BCUT2D eigenvalue weighted by molar-refractivity contribution is -0.384. The first-order valence-electron chi connectivity index (χ1n) is 50.2. The fourth-order valence-electron chi connectivity index (χ4n) is 21.4. The summed E-state index contributed by atoms with van der Waals surface area (Å²) in [5.41, 5.74) is -1.06. The van der Waals surface area contributed by atoms with Gasteiger partial charge in [-0.25, -0.2) is 0 Å². The lowest BCUT2D eigenvalue weighted by Crippen LogP contribution is -2.61. The van der Waals surface area contributed by atoms with Crippen LogP contribution in [0, 0.1) is 45.6 Å². The van der Waals surface area contributed by atoms with Crippen molar-refractivity contribution in [1.29, 1.82) is 0 Å². The first-order valence-corrected chi connectivity index (χ1v) is 50.2. The molecule has 6 aliphatic rings. The molecule has 40 heteroatoms. The highest BCUT2D eigenvalue weighted by Gasteiger charge is 2.57. The van der Waals surface area contributed by atoms with E-state index in [0.29, 0.717) is 96.0 Å². The Morgan fingerprint density at radius 2 is 0.879 bits per heavy atom. The van der Waals surface area contributed by atoms with Gasteiger partial charge in [0.2, 0.25) is 0 Å². The molecule has 4 aromatic rings. The summed E-state index contributed by atoms with van der Waals surface area (Å²) >= 11 is 0. The van der Waals surface area contributed by atoms with Gasteiger partial charge in [0.05, 0.1) is 113 Å². The number of benzene rings is 2. The topological polar surface area (TPSA) is 509 Å². The number of methoxy groups -OCH3 is 2. The molecule has 8 heterocycles. The molecule has 0 radical (unpaired) electrons. The van der Waals surface area contributed by atoms with Crippen LogP contribution in [0.25, 0.3) is 0 Å². The molecule has 2 unspecified atom stereocenters. The second-order valence-electron chi connectivity index (χ2n) is 42.5. The second kappa shape index (κ2) is 50.7. The molecular formula is C100H170N12O28. The number of nitrogens with zero attached hydrogens (tertiary/aromatic N) is 11. The number of likely N-dealkylation sites (N-methyl/N-ethyl adjacent to an activating group) is 4. The van der Waals surface area contributed by atoms with Crippen LogP contribution in [0.3, 0.4) is 0 Å². The Hall–Kier alpha value is -6.50. The van der Waals surface area contributed by atoms with E-state index in [0.717, 1.165) is 23.6 Å². The Kier molecular flexibility index (Phi) is 42.4. The van der Waals surface area contributed by atoms with Gasteiger partial charge in [0.1, 0.15) is 71.5 Å². The molecule has 6 fully saturated rings. The third kappa shape index (κ3) is 29.9. The van der Waals surface area contributed by atoms with Crippen LogP contribution in [0.4, 0.5) is 11.4 Å². The molecule has 140 heavy (non-hydrogen) atoms. The van der Waals surface area contributed by atoms with Gasteiger partial charge in [-0.3, -0.25) is 29.1 Å². The zero-order valence-electron chi connectivity index (χ0n) is 87.6. The van der Waals surface area contributed by atoms with Gasteiger partial charge in [-0.05, 0) is 212 Å². The molecule has 2 aromatic carbocycles. The number of nitro groups is 1. The van der Waals surface area contributed by atoms with Gasteiger partial charge in [-0.1, -0.05) is 52.0 Å². The van der Waals surface area contributed by atoms with E-state index in [9.17, 15) is 70.8 Å². The number of nitrogen functional groups attached to an aromatic ring is 1. The van der Waals surface area contributed by atoms with Crippen LogP contribution < -0.4 is 15.2 Å². The van der Waals surface area contributed by atoms with E-state index in [-0.39, 0.29) is 68.3 Å². The maximum atomic E-state index is 14.5. The fraction of sp³-hybridized carbons (Fsp3) is 0.820. The number of non-ortho nitro benzene ring substituents is 1. The third-order valence-electron chi connectivity index (χ3n) is 30.4. The maximum absolute atomic E-state index is 14.5. The van der Waals surface area contributed by atoms with Gasteiger partial charge in [-0.2, -0.15) is 0 Å². The number of carbonyl (C=O) groups excluding carboxylic acids is 2. The van der Waals surface area contributed by atoms with Crippen molar-refractivity contribution in [2.45, 2.75) is 409 Å². The first-order chi connectivity index (χ1) is 65.5. The summed E-state index contributed by atoms with van der Waals surface area (Å²) in [4.78, 5) is 47.3. The smallest absolute Gasteiger partial charge is 0.311 e. The molecule has 40 nitrogen and oxygen atoms in total. The summed E-state index contributed by atoms with van der Waals surface area (Å²) in [6.07, 6.45) is -11.9. The first kappa shape index (κ1) is 117. The molecule has 0 amide bonds. The Bertz CT molecular complexity index is 4430. The molecule has 0 aliphatic carbocycles. The van der Waals surface area contributed by atoms with Crippen LogP contribution in [0.2, 0.25) is 0 Å². The standard InChI is InChI=1S/C50H84N6O15.C50H86N6O13/c1-14-39-50(10,62)43(58)33(6)54(12)27-29(2)25-48(8,61)45(31(4)42(32(5)46(60)69-39)70-40-26-49(9,65-13)44(59)34(7)68-40)71-47-41(57)38(24-30(3)67-47)53(11)22-20-35-28-55(52-51-35)21-15-23-66-37-18-16-36(17-19-37)56(63)64;1-14-39-50(10,62)43(58)33(6)55(12)27-29(2)25-48(8,61)45(31(4)42(32(5)46(60)67-39)68-40-26-49(9,63-13)44(59)34(7)66-40)69-47-41(57)38(24-30(3)65-47)54(11)22-20-36-28-56(53-52-36)21-15-23-64-37-18-16-35(51)17-19-37/h16-19,28-34,38-45,47,57-59,61-62H,14-15,20-27H2,1-13H3;16-19,28-34,38-45,47,57-59,61-62H,14-15,20-27,51H2,1-13H3/t2*29-,30-,31+,32-,33-,34+,38+,39-,40?,41-,42+,43-,44+,45-,47+,48-,49-,50-/m11/s1. The van der Waals surface area contributed by atoms with Crippen LogP contribution in [-0.2, 0) is 92.4 Å². The highest BCUT2D eigenvalue weighted by atomic mass is 16.7. The normalized spacial score (nSPS) is 39.8. The minimum Gasteiger partial charge on any atom is -0.494 e. The molecule has 0 saturated carbocycles. The highest BCUT2D eigenvalue weighted by molar-refractivity contribution is 5.73. The zero-order chi connectivity index (χ0) is 104. The molecule has 0 spiro atoms. The number of aromatic nitrogens is 6. The van der Waals surface area contributed by atoms with Gasteiger partial charge in [-0.15, -0.1) is 10.2 Å². The molecule has 6 aliphatic heterocycles. The number of nitrogens with two attached hydrogens (primary N) is 1. The Morgan fingerprint density at radius 3 is 1.22 bits per heavy atom. The van der Waals surface area contributed by atoms with Crippen molar-refractivity contribution in [3.05, 3.63) is 82.4 Å². The van der Waals surface area contributed by atoms with E-state index in [4.69, 9.17) is 72.0 Å². The minimum absolute atomic E-state index is 0.00559. The van der Waals surface area contributed by atoms with Crippen molar-refractivity contribution in [3.8, 4) is 11.5 Å². The average Bonchev–Trinajstić information content (AvgIpc) is 1.10. The lowest BCUT2D eigenvalue weighted by atomic mass is 9.77. The molecular weight excluding hydrogens is 1820 g/mol. The SMILES string of the molecule is CC[C@H]1OC(=O)[C@H](C)[C@@H](OC2C[C@@](C)(OC)[C@@H](O)[C@H](C)O2)[C@H](C)[C@@H](O[C@@H]2O[C@H](C)C[C@H](N(C)CCc3cn(CCCOc4ccc(N)cc4)nn3)[C@H]2O)[C@](C)(O)C[C@@H](C)CN(C)[C@H](C)[C@@H](O)[C@]1(C)O.CC[C@H]1OC(=O)[C@H](C)[C@@H](OC2C[C@@](C)(OC)[C@@H](O)[C@H](C)O2)[C@H](C)[C@@H](O[C@@H]2O[C@H](C)C[C@H](N(C)CCc3cn(CCCOc4ccc([N+](=O)[O-])cc4)nn3)[C@H]2O)[C@](C)(O)C[C@@H](C)CN(C)[C@H](C)[C@@H](O)[C@]1(C)O. The predicted octanol–water partition coefficient (Wildman–Crippen LogP) is 6.64. The summed E-state index contributed by atoms with van der Waals surface area (Å²) in [5, 5.41) is 147. The molecule has 6 saturated heterocycles. The number of anilines is 1. The Morgan fingerprint density at radius 1 is 0.521 bits per heavy atom. The van der Waals surface area contributed by atoms with Gasteiger partial charge >= 0.3 is 11.9 Å². The number of aliphatic hydroxyl groups excluding tert-OH is 6. The fourth-order valence-corrected chi connectivity index (χ4v) is 21.4. The van der Waals surface area contributed by atoms with Crippen LogP contribution in [0.5, 0.6) is 11.5 Å². The number of esters is 2. The van der Waals surface area contributed by atoms with E-state index in [2.05, 4.69) is 25.5 Å². The second-order valence-corrected chi connectivity index (χ2v) is 42.5. The summed E-state index contributed by atoms with van der Waals surface area (Å²) in [6, 6.07) is 11.2. The van der Waals surface area contributed by atoms with Crippen molar-refractivity contribution in [1.82, 2.24) is 49.6 Å². The summed E-state index contributed by atoms with van der Waals surface area (Å²) < 4.78 is 91.6.